The van der Waals surface area contributed by atoms with Gasteiger partial charge in [0.15, 0.2) is 0 Å². The van der Waals surface area contributed by atoms with Gasteiger partial charge in [-0.25, -0.2) is 0 Å². The molecule has 0 aromatic heterocycles. The summed E-state index contributed by atoms with van der Waals surface area (Å²) in [6.45, 7) is 0.317. The van der Waals surface area contributed by atoms with Crippen LogP contribution in [0.4, 0.5) is 0 Å². The van der Waals surface area contributed by atoms with E-state index in [-0.39, 0.29) is 13.2 Å². The molecule has 3 heteroatoms. The second kappa shape index (κ2) is 8.23. The molecule has 0 unspecified atom stereocenters. The Morgan fingerprint density at radius 1 is 1.12 bits per heavy atom. The Kier molecular flexibility index (Phi) is 6.75. The van der Waals surface area contributed by atoms with Gasteiger partial charge in [-0.2, -0.15) is 11.8 Å². The van der Waals surface area contributed by atoms with E-state index in [9.17, 15) is 0 Å². The number of aliphatic hydroxyl groups is 2. The Labute approximate surface area is 101 Å². The molecule has 16 heavy (non-hydrogen) atoms. The highest BCUT2D eigenvalue weighted by Crippen LogP contribution is 2.15. The Morgan fingerprint density at radius 3 is 2.69 bits per heavy atom. The Balaban J connectivity index is 2.65. The van der Waals surface area contributed by atoms with Crippen molar-refractivity contribution < 1.29 is 10.2 Å². The highest BCUT2D eigenvalue weighted by atomic mass is 32.2. The Bertz CT molecular complexity index is 366. The molecule has 0 fully saturated rings. The molecule has 1 rings (SSSR count). The van der Waals surface area contributed by atoms with Gasteiger partial charge >= 0.3 is 0 Å². The van der Waals surface area contributed by atoms with Gasteiger partial charge in [-0.3, -0.25) is 0 Å². The standard InChI is InChI=1S/C13H16O2S/c14-8-4-3-6-12-5-1-2-7-13(12)11-16-10-9-15/h1-2,5,7,14-15H,4,8-11H2. The van der Waals surface area contributed by atoms with E-state index in [1.807, 2.05) is 24.3 Å². The molecular formula is C13H16O2S. The lowest BCUT2D eigenvalue weighted by Crippen LogP contribution is -1.91. The SMILES string of the molecule is OCCC#Cc1ccccc1CSCCO. The van der Waals surface area contributed by atoms with Crippen LogP contribution >= 0.6 is 11.8 Å². The smallest absolute Gasteiger partial charge is 0.0540 e. The average Bonchev–Trinajstić information content (AvgIpc) is 2.32. The van der Waals surface area contributed by atoms with E-state index in [0.29, 0.717) is 6.42 Å². The van der Waals surface area contributed by atoms with Crippen LogP contribution in [-0.2, 0) is 5.75 Å². The third kappa shape index (κ3) is 4.71. The van der Waals surface area contributed by atoms with Crippen molar-refractivity contribution in [1.29, 1.82) is 0 Å². The molecule has 0 radical (unpaired) electrons. The normalized spacial score (nSPS) is 9.62. The molecule has 0 saturated carbocycles. The first-order chi connectivity index (χ1) is 7.88. The fourth-order valence-corrected chi connectivity index (χ4v) is 1.97. The molecule has 2 N–H and O–H groups in total. The average molecular weight is 236 g/mol. The van der Waals surface area contributed by atoms with Crippen LogP contribution in [0.2, 0.25) is 0 Å². The molecule has 1 aromatic rings. The van der Waals surface area contributed by atoms with Crippen molar-refractivity contribution in [3.8, 4) is 11.8 Å². The van der Waals surface area contributed by atoms with Crippen molar-refractivity contribution in [1.82, 2.24) is 0 Å². The molecule has 0 aliphatic rings. The highest BCUT2D eigenvalue weighted by molar-refractivity contribution is 7.98. The predicted molar refractivity (Wildman–Crippen MR) is 68.3 cm³/mol. The molecule has 0 spiro atoms. The van der Waals surface area contributed by atoms with Crippen LogP contribution in [0.15, 0.2) is 24.3 Å². The molecule has 0 heterocycles. The summed E-state index contributed by atoms with van der Waals surface area (Å²) in [5.41, 5.74) is 2.20. The number of thioether (sulfide) groups is 1. The Hall–Kier alpha value is -0.950. The molecule has 0 aliphatic heterocycles. The van der Waals surface area contributed by atoms with Crippen LogP contribution in [0.1, 0.15) is 17.5 Å². The molecule has 0 saturated heterocycles. The molecule has 1 aromatic carbocycles. The molecular weight excluding hydrogens is 220 g/mol. The van der Waals surface area contributed by atoms with Gasteiger partial charge in [0.2, 0.25) is 0 Å². The van der Waals surface area contributed by atoms with Gasteiger partial charge in [-0.1, -0.05) is 30.0 Å². The summed E-state index contributed by atoms with van der Waals surface area (Å²) in [5, 5.41) is 17.4. The second-order valence-corrected chi connectivity index (χ2v) is 4.31. The van der Waals surface area contributed by atoms with Gasteiger partial charge in [0.25, 0.3) is 0 Å². The quantitative estimate of drug-likeness (QED) is 0.603. The van der Waals surface area contributed by atoms with Gasteiger partial charge in [-0.15, -0.1) is 0 Å². The van der Waals surface area contributed by atoms with Crippen molar-refractivity contribution in [3.63, 3.8) is 0 Å². The fraction of sp³-hybridized carbons (Fsp3) is 0.385. The lowest BCUT2D eigenvalue weighted by atomic mass is 10.1. The maximum Gasteiger partial charge on any atom is 0.0540 e. The first-order valence-electron chi connectivity index (χ1n) is 5.24. The first kappa shape index (κ1) is 13.1. The van der Waals surface area contributed by atoms with Gasteiger partial charge in [0, 0.05) is 23.5 Å². The maximum absolute atomic E-state index is 8.71. The van der Waals surface area contributed by atoms with Gasteiger partial charge in [0.05, 0.1) is 13.2 Å². The summed E-state index contributed by atoms with van der Waals surface area (Å²) in [5.74, 6) is 7.59. The summed E-state index contributed by atoms with van der Waals surface area (Å²) < 4.78 is 0. The Morgan fingerprint density at radius 2 is 1.94 bits per heavy atom. The van der Waals surface area contributed by atoms with E-state index in [0.717, 1.165) is 17.1 Å². The van der Waals surface area contributed by atoms with Crippen LogP contribution in [-0.4, -0.2) is 29.2 Å². The van der Waals surface area contributed by atoms with Crippen molar-refractivity contribution in [2.75, 3.05) is 19.0 Å². The second-order valence-electron chi connectivity index (χ2n) is 3.21. The summed E-state index contributed by atoms with van der Waals surface area (Å²) in [7, 11) is 0. The molecule has 0 atom stereocenters. The minimum atomic E-state index is 0.106. The van der Waals surface area contributed by atoms with Crippen LogP contribution in [0.3, 0.4) is 0 Å². The summed E-state index contributed by atoms with van der Waals surface area (Å²) >= 11 is 1.69. The minimum Gasteiger partial charge on any atom is -0.396 e. The molecule has 0 amide bonds. The monoisotopic (exact) mass is 236 g/mol. The van der Waals surface area contributed by atoms with E-state index < -0.39 is 0 Å². The lowest BCUT2D eigenvalue weighted by Gasteiger charge is -2.03. The van der Waals surface area contributed by atoms with Crippen LogP contribution in [0.5, 0.6) is 0 Å². The van der Waals surface area contributed by atoms with Crippen molar-refractivity contribution in [3.05, 3.63) is 35.4 Å². The van der Waals surface area contributed by atoms with Crippen molar-refractivity contribution in [2.24, 2.45) is 0 Å². The van der Waals surface area contributed by atoms with E-state index >= 15 is 0 Å². The van der Waals surface area contributed by atoms with Crippen molar-refractivity contribution >= 4 is 11.8 Å². The first-order valence-corrected chi connectivity index (χ1v) is 6.40. The molecule has 0 bridgehead atoms. The molecule has 0 aliphatic carbocycles. The highest BCUT2D eigenvalue weighted by Gasteiger charge is 1.98. The molecule has 86 valence electrons. The van der Waals surface area contributed by atoms with E-state index in [1.54, 1.807) is 11.8 Å². The number of hydrogen-bond acceptors (Lipinski definition) is 3. The van der Waals surface area contributed by atoms with Crippen LogP contribution in [0.25, 0.3) is 0 Å². The van der Waals surface area contributed by atoms with Crippen LogP contribution in [0, 0.1) is 11.8 Å². The van der Waals surface area contributed by atoms with Gasteiger partial charge in [-0.05, 0) is 11.6 Å². The van der Waals surface area contributed by atoms with E-state index in [4.69, 9.17) is 10.2 Å². The maximum atomic E-state index is 8.71. The van der Waals surface area contributed by atoms with E-state index in [1.165, 1.54) is 5.56 Å². The zero-order valence-corrected chi connectivity index (χ0v) is 9.96. The van der Waals surface area contributed by atoms with Crippen molar-refractivity contribution in [2.45, 2.75) is 12.2 Å². The lowest BCUT2D eigenvalue weighted by molar-refractivity contribution is 0.305. The number of aliphatic hydroxyl groups excluding tert-OH is 2. The zero-order chi connectivity index (χ0) is 11.6. The number of benzene rings is 1. The third-order valence-corrected chi connectivity index (χ3v) is 2.96. The largest absolute Gasteiger partial charge is 0.396 e. The zero-order valence-electron chi connectivity index (χ0n) is 9.15. The fourth-order valence-electron chi connectivity index (χ4n) is 1.23. The third-order valence-electron chi connectivity index (χ3n) is 1.97. The van der Waals surface area contributed by atoms with Gasteiger partial charge < -0.3 is 10.2 Å². The molecule has 2 nitrogen and oxygen atoms in total. The van der Waals surface area contributed by atoms with E-state index in [2.05, 4.69) is 11.8 Å². The van der Waals surface area contributed by atoms with Crippen LogP contribution < -0.4 is 0 Å². The van der Waals surface area contributed by atoms with Gasteiger partial charge in [0.1, 0.15) is 0 Å². The number of rotatable bonds is 5. The topological polar surface area (TPSA) is 40.5 Å². The predicted octanol–water partition coefficient (Wildman–Crippen LogP) is 1.65. The number of hydrogen-bond donors (Lipinski definition) is 2. The summed E-state index contributed by atoms with van der Waals surface area (Å²) in [6.07, 6.45) is 0.512. The minimum absolute atomic E-state index is 0.106. The summed E-state index contributed by atoms with van der Waals surface area (Å²) in [4.78, 5) is 0. The summed E-state index contributed by atoms with van der Waals surface area (Å²) in [6, 6.07) is 7.99.